The standard InChI is InChI=1S/C11H19ClN4O/c1-8(2)6-16(4-5-17-3)11-9(13)10(12)14-7-15-11/h7-8H,4-6,13H2,1-3H3. The maximum Gasteiger partial charge on any atom is 0.157 e. The lowest BCUT2D eigenvalue weighted by atomic mass is 10.2. The van der Waals surface area contributed by atoms with Crippen molar-refractivity contribution in [3.8, 4) is 0 Å². The lowest BCUT2D eigenvalue weighted by Gasteiger charge is -2.26. The molecule has 0 fully saturated rings. The molecule has 0 aliphatic heterocycles. The molecule has 1 aromatic rings. The van der Waals surface area contributed by atoms with Gasteiger partial charge in [-0.1, -0.05) is 25.4 Å². The highest BCUT2D eigenvalue weighted by atomic mass is 35.5. The first-order chi connectivity index (χ1) is 8.06. The van der Waals surface area contributed by atoms with Crippen LogP contribution in [0.2, 0.25) is 5.15 Å². The number of anilines is 2. The van der Waals surface area contributed by atoms with Crippen molar-refractivity contribution in [2.45, 2.75) is 13.8 Å². The van der Waals surface area contributed by atoms with Crippen LogP contribution in [-0.4, -0.2) is 36.8 Å². The number of methoxy groups -OCH3 is 1. The molecule has 0 aliphatic carbocycles. The zero-order valence-electron chi connectivity index (χ0n) is 10.5. The molecule has 0 aliphatic rings. The Kier molecular flexibility index (Phi) is 5.44. The van der Waals surface area contributed by atoms with Gasteiger partial charge in [0.1, 0.15) is 12.0 Å². The fourth-order valence-electron chi connectivity index (χ4n) is 1.54. The Hall–Kier alpha value is -1.07. The molecule has 17 heavy (non-hydrogen) atoms. The summed E-state index contributed by atoms with van der Waals surface area (Å²) in [6.45, 7) is 6.47. The lowest BCUT2D eigenvalue weighted by molar-refractivity contribution is 0.204. The average molecular weight is 259 g/mol. The molecule has 1 rings (SSSR count). The van der Waals surface area contributed by atoms with Crippen LogP contribution in [0.25, 0.3) is 0 Å². The molecule has 96 valence electrons. The van der Waals surface area contributed by atoms with Crippen LogP contribution in [0.5, 0.6) is 0 Å². The summed E-state index contributed by atoms with van der Waals surface area (Å²) in [5, 5.41) is 0.293. The normalized spacial score (nSPS) is 10.9. The predicted molar refractivity (Wildman–Crippen MR) is 70.4 cm³/mol. The molecule has 2 N–H and O–H groups in total. The predicted octanol–water partition coefficient (Wildman–Crippen LogP) is 1.82. The van der Waals surface area contributed by atoms with Gasteiger partial charge in [0.15, 0.2) is 11.0 Å². The molecule has 6 heteroatoms. The van der Waals surface area contributed by atoms with E-state index in [1.807, 2.05) is 0 Å². The van der Waals surface area contributed by atoms with Crippen LogP contribution in [0, 0.1) is 5.92 Å². The van der Waals surface area contributed by atoms with Gasteiger partial charge >= 0.3 is 0 Å². The zero-order chi connectivity index (χ0) is 12.8. The number of nitrogens with two attached hydrogens (primary N) is 1. The third-order valence-electron chi connectivity index (χ3n) is 2.26. The van der Waals surface area contributed by atoms with E-state index in [2.05, 4.69) is 28.7 Å². The van der Waals surface area contributed by atoms with Gasteiger partial charge in [-0.05, 0) is 5.92 Å². The van der Waals surface area contributed by atoms with Gasteiger partial charge in [-0.25, -0.2) is 9.97 Å². The molecule has 0 aromatic carbocycles. The second-order valence-electron chi connectivity index (χ2n) is 4.23. The van der Waals surface area contributed by atoms with Crippen LogP contribution in [0.4, 0.5) is 11.5 Å². The van der Waals surface area contributed by atoms with E-state index >= 15 is 0 Å². The molecular weight excluding hydrogens is 240 g/mol. The van der Waals surface area contributed by atoms with Crippen LogP contribution < -0.4 is 10.6 Å². The Morgan fingerprint density at radius 2 is 2.18 bits per heavy atom. The van der Waals surface area contributed by atoms with Crippen LogP contribution in [0.15, 0.2) is 6.33 Å². The van der Waals surface area contributed by atoms with Crippen molar-refractivity contribution >= 4 is 23.1 Å². The maximum absolute atomic E-state index is 5.89. The maximum atomic E-state index is 5.89. The molecule has 0 unspecified atom stereocenters. The Labute approximate surface area is 107 Å². The van der Waals surface area contributed by atoms with Gasteiger partial charge in [-0.2, -0.15) is 0 Å². The van der Waals surface area contributed by atoms with E-state index in [-0.39, 0.29) is 0 Å². The largest absolute Gasteiger partial charge is 0.393 e. The molecule has 0 bridgehead atoms. The smallest absolute Gasteiger partial charge is 0.157 e. The minimum absolute atomic E-state index is 0.293. The van der Waals surface area contributed by atoms with Gasteiger partial charge in [0.2, 0.25) is 0 Å². The van der Waals surface area contributed by atoms with Crippen LogP contribution in [0.1, 0.15) is 13.8 Å². The first-order valence-electron chi connectivity index (χ1n) is 5.56. The summed E-state index contributed by atoms with van der Waals surface area (Å²) in [6, 6.07) is 0. The van der Waals surface area contributed by atoms with Gasteiger partial charge < -0.3 is 15.4 Å². The van der Waals surface area contributed by atoms with Crippen molar-refractivity contribution < 1.29 is 4.74 Å². The van der Waals surface area contributed by atoms with E-state index in [0.29, 0.717) is 29.2 Å². The number of hydrogen-bond donors (Lipinski definition) is 1. The number of ether oxygens (including phenoxy) is 1. The van der Waals surface area contributed by atoms with Gasteiger partial charge in [0.05, 0.1) is 6.61 Å². The summed E-state index contributed by atoms with van der Waals surface area (Å²) in [5.74, 6) is 1.18. The summed E-state index contributed by atoms with van der Waals surface area (Å²) >= 11 is 5.89. The van der Waals surface area contributed by atoms with Crippen LogP contribution in [-0.2, 0) is 4.74 Å². The Balaban J connectivity index is 2.90. The van der Waals surface area contributed by atoms with E-state index in [1.165, 1.54) is 6.33 Å². The van der Waals surface area contributed by atoms with E-state index in [9.17, 15) is 0 Å². The Morgan fingerprint density at radius 3 is 2.76 bits per heavy atom. The third-order valence-corrected chi connectivity index (χ3v) is 2.57. The number of hydrogen-bond acceptors (Lipinski definition) is 5. The SMILES string of the molecule is COCCN(CC(C)C)c1ncnc(Cl)c1N. The van der Waals surface area contributed by atoms with Gasteiger partial charge in [-0.3, -0.25) is 0 Å². The summed E-state index contributed by atoms with van der Waals surface area (Å²) in [7, 11) is 1.67. The Bertz CT molecular complexity index is 359. The monoisotopic (exact) mass is 258 g/mol. The minimum atomic E-state index is 0.293. The lowest BCUT2D eigenvalue weighted by Crippen LogP contribution is -2.32. The third kappa shape index (κ3) is 4.02. The molecule has 0 amide bonds. The molecule has 0 atom stereocenters. The summed E-state index contributed by atoms with van der Waals surface area (Å²) in [6.07, 6.45) is 1.42. The molecule has 5 nitrogen and oxygen atoms in total. The fraction of sp³-hybridized carbons (Fsp3) is 0.636. The summed E-state index contributed by atoms with van der Waals surface area (Å²) in [5.41, 5.74) is 6.31. The average Bonchev–Trinajstić information content (AvgIpc) is 2.28. The van der Waals surface area contributed by atoms with Crippen molar-refractivity contribution in [2.24, 2.45) is 5.92 Å². The van der Waals surface area contributed by atoms with Crippen molar-refractivity contribution in [3.05, 3.63) is 11.5 Å². The van der Waals surface area contributed by atoms with Gasteiger partial charge in [0.25, 0.3) is 0 Å². The van der Waals surface area contributed by atoms with Crippen molar-refractivity contribution in [1.29, 1.82) is 0 Å². The second kappa shape index (κ2) is 6.61. The van der Waals surface area contributed by atoms with Crippen molar-refractivity contribution in [1.82, 2.24) is 9.97 Å². The van der Waals surface area contributed by atoms with E-state index in [1.54, 1.807) is 7.11 Å². The van der Waals surface area contributed by atoms with Crippen LogP contribution in [0.3, 0.4) is 0 Å². The van der Waals surface area contributed by atoms with Crippen molar-refractivity contribution in [3.63, 3.8) is 0 Å². The van der Waals surface area contributed by atoms with E-state index in [0.717, 1.165) is 13.1 Å². The van der Waals surface area contributed by atoms with Crippen molar-refractivity contribution in [2.75, 3.05) is 37.4 Å². The fourth-order valence-corrected chi connectivity index (χ4v) is 1.67. The first-order valence-corrected chi connectivity index (χ1v) is 5.94. The highest BCUT2D eigenvalue weighted by Crippen LogP contribution is 2.26. The molecule has 1 heterocycles. The molecule has 0 radical (unpaired) electrons. The Morgan fingerprint density at radius 1 is 1.47 bits per heavy atom. The van der Waals surface area contributed by atoms with Gasteiger partial charge in [0, 0.05) is 20.2 Å². The molecule has 0 saturated carbocycles. The topological polar surface area (TPSA) is 64.3 Å². The molecule has 0 saturated heterocycles. The number of aromatic nitrogens is 2. The van der Waals surface area contributed by atoms with E-state index in [4.69, 9.17) is 22.1 Å². The number of rotatable bonds is 6. The molecule has 1 aromatic heterocycles. The first kappa shape index (κ1) is 14.0. The minimum Gasteiger partial charge on any atom is -0.393 e. The second-order valence-corrected chi connectivity index (χ2v) is 4.59. The molecule has 0 spiro atoms. The zero-order valence-corrected chi connectivity index (χ0v) is 11.2. The van der Waals surface area contributed by atoms with Gasteiger partial charge in [-0.15, -0.1) is 0 Å². The highest BCUT2D eigenvalue weighted by Gasteiger charge is 2.15. The number of halogens is 1. The quantitative estimate of drug-likeness (QED) is 0.789. The summed E-state index contributed by atoms with van der Waals surface area (Å²) < 4.78 is 5.09. The highest BCUT2D eigenvalue weighted by molar-refractivity contribution is 6.32. The number of nitrogens with zero attached hydrogens (tertiary/aromatic N) is 3. The van der Waals surface area contributed by atoms with E-state index < -0.39 is 0 Å². The summed E-state index contributed by atoms with van der Waals surface area (Å²) in [4.78, 5) is 10.1. The van der Waals surface area contributed by atoms with Crippen LogP contribution >= 0.6 is 11.6 Å². The molecular formula is C11H19ClN4O. The number of nitrogen functional groups attached to an aromatic ring is 1.